The molecule has 0 saturated carbocycles. The second-order valence-electron chi connectivity index (χ2n) is 8.37. The number of hydrogen-bond donors (Lipinski definition) is 1. The Kier molecular flexibility index (Phi) is 7.18. The molecule has 1 aromatic carbocycles. The van der Waals surface area contributed by atoms with Crippen molar-refractivity contribution in [2.75, 3.05) is 24.7 Å². The molecule has 2 heterocycles. The number of carbonyl (C=O) groups is 2. The minimum Gasteiger partial charge on any atom is -0.456 e. The van der Waals surface area contributed by atoms with Crippen molar-refractivity contribution in [2.45, 2.75) is 45.6 Å². The van der Waals surface area contributed by atoms with Crippen molar-refractivity contribution < 1.29 is 22.7 Å². The number of sulfone groups is 1. The molecule has 0 aliphatic carbocycles. The SMILES string of the molecule is CC(C)CN(C(=O)COC(=O)CCCc1c[nH]c2ccccc12)C1CCS(=O)(=O)C1. The zero-order chi connectivity index (χ0) is 21.7. The Morgan fingerprint density at radius 1 is 1.27 bits per heavy atom. The average molecular weight is 435 g/mol. The first-order valence-corrected chi connectivity index (χ1v) is 12.3. The van der Waals surface area contributed by atoms with E-state index in [1.165, 1.54) is 0 Å². The molecule has 1 N–H and O–H groups in total. The number of fused-ring (bicyclic) bond motifs is 1. The molecule has 3 rings (SSSR count). The van der Waals surface area contributed by atoms with Gasteiger partial charge in [0.2, 0.25) is 0 Å². The van der Waals surface area contributed by atoms with Crippen LogP contribution in [0.2, 0.25) is 0 Å². The Morgan fingerprint density at radius 2 is 2.03 bits per heavy atom. The summed E-state index contributed by atoms with van der Waals surface area (Å²) in [6, 6.07) is 7.69. The maximum Gasteiger partial charge on any atom is 0.306 e. The number of rotatable bonds is 9. The van der Waals surface area contributed by atoms with Crippen molar-refractivity contribution in [3.05, 3.63) is 36.0 Å². The van der Waals surface area contributed by atoms with Crippen LogP contribution in [0.5, 0.6) is 0 Å². The molecule has 1 atom stereocenters. The van der Waals surface area contributed by atoms with E-state index in [0.717, 1.165) is 22.9 Å². The summed E-state index contributed by atoms with van der Waals surface area (Å²) >= 11 is 0. The van der Waals surface area contributed by atoms with Gasteiger partial charge in [-0.25, -0.2) is 8.42 Å². The summed E-state index contributed by atoms with van der Waals surface area (Å²) in [6.45, 7) is 4.06. The first kappa shape index (κ1) is 22.3. The number of aryl methyl sites for hydroxylation is 1. The number of benzene rings is 1. The summed E-state index contributed by atoms with van der Waals surface area (Å²) in [7, 11) is -3.09. The number of H-pyrrole nitrogens is 1. The molecular weight excluding hydrogens is 404 g/mol. The molecule has 0 radical (unpaired) electrons. The predicted molar refractivity (Wildman–Crippen MR) is 116 cm³/mol. The van der Waals surface area contributed by atoms with E-state index in [1.54, 1.807) is 4.90 Å². The zero-order valence-electron chi connectivity index (χ0n) is 17.6. The summed E-state index contributed by atoms with van der Waals surface area (Å²) < 4.78 is 28.8. The molecule has 30 heavy (non-hydrogen) atoms. The standard InChI is InChI=1S/C22H30N2O5S/c1-16(2)13-24(18-10-11-30(27,28)15-18)21(25)14-29-22(26)9-5-6-17-12-23-20-8-4-3-7-19(17)20/h3-4,7-8,12,16,18,23H,5-6,9-11,13-15H2,1-2H3. The monoisotopic (exact) mass is 434 g/mol. The minimum atomic E-state index is -3.09. The summed E-state index contributed by atoms with van der Waals surface area (Å²) in [5, 5.41) is 1.15. The highest BCUT2D eigenvalue weighted by atomic mass is 32.2. The second kappa shape index (κ2) is 9.64. The third kappa shape index (κ3) is 5.84. The Morgan fingerprint density at radius 3 is 2.73 bits per heavy atom. The van der Waals surface area contributed by atoms with E-state index in [1.807, 2.05) is 44.3 Å². The van der Waals surface area contributed by atoms with Crippen LogP contribution in [0.3, 0.4) is 0 Å². The van der Waals surface area contributed by atoms with Gasteiger partial charge in [-0.3, -0.25) is 9.59 Å². The molecule has 1 amide bonds. The van der Waals surface area contributed by atoms with Crippen LogP contribution in [0.25, 0.3) is 10.9 Å². The number of aromatic amines is 1. The fourth-order valence-electron chi connectivity index (χ4n) is 3.93. The molecule has 1 saturated heterocycles. The molecule has 2 aromatic rings. The van der Waals surface area contributed by atoms with E-state index in [-0.39, 0.29) is 42.4 Å². The van der Waals surface area contributed by atoms with Crippen LogP contribution in [-0.2, 0) is 30.6 Å². The lowest BCUT2D eigenvalue weighted by atomic mass is 10.1. The van der Waals surface area contributed by atoms with Crippen LogP contribution < -0.4 is 0 Å². The molecule has 164 valence electrons. The predicted octanol–water partition coefficient (Wildman–Crippen LogP) is 2.71. The highest BCUT2D eigenvalue weighted by molar-refractivity contribution is 7.91. The Balaban J connectivity index is 1.47. The average Bonchev–Trinajstić information content (AvgIpc) is 3.27. The quantitative estimate of drug-likeness (QED) is 0.612. The van der Waals surface area contributed by atoms with E-state index in [4.69, 9.17) is 4.74 Å². The van der Waals surface area contributed by atoms with Gasteiger partial charge in [0.1, 0.15) is 0 Å². The number of nitrogens with one attached hydrogen (secondary N) is 1. The summed E-state index contributed by atoms with van der Waals surface area (Å²) in [5.74, 6) is -0.441. The van der Waals surface area contributed by atoms with E-state index in [0.29, 0.717) is 19.4 Å². The van der Waals surface area contributed by atoms with E-state index in [2.05, 4.69) is 4.98 Å². The van der Waals surface area contributed by atoms with Crippen LogP contribution in [0, 0.1) is 5.92 Å². The number of amides is 1. The van der Waals surface area contributed by atoms with Crippen LogP contribution in [-0.4, -0.2) is 60.9 Å². The lowest BCUT2D eigenvalue weighted by Crippen LogP contribution is -2.45. The molecule has 1 aliphatic rings. The number of hydrogen-bond acceptors (Lipinski definition) is 5. The van der Waals surface area contributed by atoms with Gasteiger partial charge in [0, 0.05) is 36.1 Å². The van der Waals surface area contributed by atoms with Gasteiger partial charge in [-0.1, -0.05) is 32.0 Å². The maximum atomic E-state index is 12.6. The van der Waals surface area contributed by atoms with Gasteiger partial charge in [-0.2, -0.15) is 0 Å². The number of carbonyl (C=O) groups excluding carboxylic acids is 2. The molecule has 0 spiro atoms. The van der Waals surface area contributed by atoms with Gasteiger partial charge in [0.25, 0.3) is 5.91 Å². The zero-order valence-corrected chi connectivity index (χ0v) is 18.4. The highest BCUT2D eigenvalue weighted by Gasteiger charge is 2.35. The fraction of sp³-hybridized carbons (Fsp3) is 0.545. The van der Waals surface area contributed by atoms with Crippen molar-refractivity contribution in [1.82, 2.24) is 9.88 Å². The van der Waals surface area contributed by atoms with Gasteiger partial charge in [-0.15, -0.1) is 0 Å². The van der Waals surface area contributed by atoms with Crippen LogP contribution in [0.4, 0.5) is 0 Å². The molecule has 1 fully saturated rings. The third-order valence-corrected chi connectivity index (χ3v) is 7.14. The number of nitrogens with zero attached hydrogens (tertiary/aromatic N) is 1. The van der Waals surface area contributed by atoms with E-state index < -0.39 is 15.8 Å². The lowest BCUT2D eigenvalue weighted by Gasteiger charge is -2.29. The van der Waals surface area contributed by atoms with Crippen LogP contribution in [0.1, 0.15) is 38.7 Å². The smallest absolute Gasteiger partial charge is 0.306 e. The number of esters is 1. The molecule has 7 nitrogen and oxygen atoms in total. The molecule has 1 aromatic heterocycles. The fourth-order valence-corrected chi connectivity index (χ4v) is 5.66. The normalized spacial score (nSPS) is 18.0. The maximum absolute atomic E-state index is 12.6. The van der Waals surface area contributed by atoms with Crippen molar-refractivity contribution in [2.24, 2.45) is 5.92 Å². The summed E-state index contributed by atoms with van der Waals surface area (Å²) in [4.78, 5) is 29.5. The molecule has 1 unspecified atom stereocenters. The van der Waals surface area contributed by atoms with E-state index in [9.17, 15) is 18.0 Å². The molecule has 0 bridgehead atoms. The van der Waals surface area contributed by atoms with Crippen molar-refractivity contribution in [3.8, 4) is 0 Å². The number of ether oxygens (including phenoxy) is 1. The Labute approximate surface area is 177 Å². The van der Waals surface area contributed by atoms with Crippen molar-refractivity contribution in [3.63, 3.8) is 0 Å². The van der Waals surface area contributed by atoms with Crippen molar-refractivity contribution >= 4 is 32.6 Å². The highest BCUT2D eigenvalue weighted by Crippen LogP contribution is 2.21. The van der Waals surface area contributed by atoms with Crippen LogP contribution in [0.15, 0.2) is 30.5 Å². The largest absolute Gasteiger partial charge is 0.456 e. The summed E-state index contributed by atoms with van der Waals surface area (Å²) in [6.07, 6.45) is 4.00. The van der Waals surface area contributed by atoms with Crippen molar-refractivity contribution in [1.29, 1.82) is 0 Å². The Bertz CT molecular complexity index is 996. The molecular formula is C22H30N2O5S. The molecule has 8 heteroatoms. The first-order valence-electron chi connectivity index (χ1n) is 10.5. The van der Waals surface area contributed by atoms with Gasteiger partial charge in [0.05, 0.1) is 11.5 Å². The lowest BCUT2D eigenvalue weighted by molar-refractivity contribution is -0.153. The van der Waals surface area contributed by atoms with Gasteiger partial charge >= 0.3 is 5.97 Å². The summed E-state index contributed by atoms with van der Waals surface area (Å²) in [5.41, 5.74) is 2.22. The minimum absolute atomic E-state index is 0.00989. The van der Waals surface area contributed by atoms with Gasteiger partial charge < -0.3 is 14.6 Å². The Hall–Kier alpha value is -2.35. The van der Waals surface area contributed by atoms with Crippen LogP contribution >= 0.6 is 0 Å². The number of aromatic nitrogens is 1. The van der Waals surface area contributed by atoms with E-state index >= 15 is 0 Å². The topological polar surface area (TPSA) is 96.5 Å². The number of para-hydroxylation sites is 1. The first-order chi connectivity index (χ1) is 14.2. The third-order valence-electron chi connectivity index (χ3n) is 5.39. The van der Waals surface area contributed by atoms with Gasteiger partial charge in [-0.05, 0) is 36.8 Å². The molecule has 1 aliphatic heterocycles. The van der Waals surface area contributed by atoms with Gasteiger partial charge in [0.15, 0.2) is 16.4 Å². The second-order valence-corrected chi connectivity index (χ2v) is 10.6.